The maximum Gasteiger partial charge on any atom is 0.106 e. The predicted octanol–water partition coefficient (Wildman–Crippen LogP) is 2.80. The quantitative estimate of drug-likeness (QED) is 0.266. The number of hydrogen-bond acceptors (Lipinski definition) is 2. The van der Waals surface area contributed by atoms with Crippen molar-refractivity contribution in [3.8, 4) is 11.8 Å². The van der Waals surface area contributed by atoms with Gasteiger partial charge in [0.05, 0.1) is 0 Å². The van der Waals surface area contributed by atoms with Crippen molar-refractivity contribution in [1.29, 1.82) is 0 Å². The smallest absolute Gasteiger partial charge is 0.106 e. The third kappa shape index (κ3) is 11.0. The number of hydrogen-bond donors (Lipinski definition) is 0. The van der Waals surface area contributed by atoms with Crippen molar-refractivity contribution in [1.82, 2.24) is 0 Å². The van der Waals surface area contributed by atoms with Crippen LogP contribution < -0.4 is 0 Å². The van der Waals surface area contributed by atoms with E-state index >= 15 is 0 Å². The van der Waals surface area contributed by atoms with Gasteiger partial charge in [-0.3, -0.25) is 0 Å². The Morgan fingerprint density at radius 1 is 1.31 bits per heavy atom. The Morgan fingerprint density at radius 2 is 2.08 bits per heavy atom. The van der Waals surface area contributed by atoms with E-state index in [1.165, 1.54) is 0 Å². The Labute approximate surface area is 81.4 Å². The van der Waals surface area contributed by atoms with Crippen molar-refractivity contribution in [2.45, 2.75) is 38.5 Å². The first-order valence-corrected chi connectivity index (χ1v) is 4.71. The van der Waals surface area contributed by atoms with Crippen LogP contribution in [0, 0.1) is 18.8 Å². The summed E-state index contributed by atoms with van der Waals surface area (Å²) in [5, 5.41) is 3.65. The maximum absolute atomic E-state index is 4.54. The molecule has 2 heteroatoms. The number of rotatable bonds is 6. The van der Waals surface area contributed by atoms with Gasteiger partial charge in [-0.05, 0) is 25.7 Å². The van der Waals surface area contributed by atoms with Gasteiger partial charge >= 0.3 is 0 Å². The van der Waals surface area contributed by atoms with E-state index < -0.39 is 0 Å². The lowest BCUT2D eigenvalue weighted by atomic mass is 10.2. The molecule has 0 amide bonds. The summed E-state index contributed by atoms with van der Waals surface area (Å²) in [6.07, 6.45) is 7.86. The van der Waals surface area contributed by atoms with Gasteiger partial charge in [0.25, 0.3) is 0 Å². The monoisotopic (exact) mass is 180 g/mol. The molecule has 0 rings (SSSR count). The van der Waals surface area contributed by atoms with Gasteiger partial charge in [0.2, 0.25) is 0 Å². The molecule has 0 spiro atoms. The molecule has 0 aromatic carbocycles. The third-order valence-electron chi connectivity index (χ3n) is 1.49. The van der Waals surface area contributed by atoms with E-state index in [-0.39, 0.29) is 0 Å². The standard InChI is InChI=1S/C11H18NO/c1-3-4-5-6-7-8-9-10-11-12-13-2/h11H,1,3-4,7-10H2,2H3/b12-11-. The molecule has 0 saturated carbocycles. The molecule has 13 heavy (non-hydrogen) atoms. The van der Waals surface area contributed by atoms with Gasteiger partial charge in [0, 0.05) is 19.1 Å². The first-order valence-electron chi connectivity index (χ1n) is 4.71. The minimum Gasteiger partial charge on any atom is -0.399 e. The average molecular weight is 180 g/mol. The van der Waals surface area contributed by atoms with E-state index in [4.69, 9.17) is 0 Å². The van der Waals surface area contributed by atoms with Crippen LogP contribution in [-0.4, -0.2) is 13.3 Å². The molecule has 0 bridgehead atoms. The SMILES string of the molecule is [CH2]CCC#CCCCC/C=N\OC. The molecule has 0 atom stereocenters. The van der Waals surface area contributed by atoms with Gasteiger partial charge in [0.1, 0.15) is 7.11 Å². The molecule has 0 saturated heterocycles. The fourth-order valence-corrected chi connectivity index (χ4v) is 0.841. The lowest BCUT2D eigenvalue weighted by molar-refractivity contribution is 0.214. The van der Waals surface area contributed by atoms with Crippen LogP contribution >= 0.6 is 0 Å². The Balaban J connectivity index is 3.09. The normalized spacial score (nSPS) is 9.69. The van der Waals surface area contributed by atoms with Gasteiger partial charge in [0.15, 0.2) is 0 Å². The Bertz CT molecular complexity index is 176. The van der Waals surface area contributed by atoms with Gasteiger partial charge in [-0.1, -0.05) is 12.1 Å². The van der Waals surface area contributed by atoms with Crippen LogP contribution in [0.1, 0.15) is 38.5 Å². The molecule has 0 N–H and O–H groups in total. The minimum atomic E-state index is 0.910. The number of nitrogens with zero attached hydrogens (tertiary/aromatic N) is 1. The molecule has 0 unspecified atom stereocenters. The van der Waals surface area contributed by atoms with Gasteiger partial charge in [-0.25, -0.2) is 0 Å². The zero-order chi connectivity index (χ0) is 9.78. The lowest BCUT2D eigenvalue weighted by Crippen LogP contribution is -1.79. The van der Waals surface area contributed by atoms with E-state index in [2.05, 4.69) is 28.8 Å². The zero-order valence-electron chi connectivity index (χ0n) is 8.38. The molecule has 0 aromatic rings. The molecule has 73 valence electrons. The van der Waals surface area contributed by atoms with E-state index in [0.29, 0.717) is 0 Å². The van der Waals surface area contributed by atoms with Gasteiger partial charge in [-0.2, -0.15) is 0 Å². The van der Waals surface area contributed by atoms with E-state index in [0.717, 1.165) is 38.5 Å². The lowest BCUT2D eigenvalue weighted by Gasteiger charge is -1.90. The summed E-state index contributed by atoms with van der Waals surface area (Å²) >= 11 is 0. The van der Waals surface area contributed by atoms with Crippen LogP contribution in [0.2, 0.25) is 0 Å². The molecule has 0 aromatic heterocycles. The van der Waals surface area contributed by atoms with E-state index in [9.17, 15) is 0 Å². The van der Waals surface area contributed by atoms with E-state index in [1.54, 1.807) is 13.3 Å². The summed E-state index contributed by atoms with van der Waals surface area (Å²) in [4.78, 5) is 4.54. The van der Waals surface area contributed by atoms with Crippen LogP contribution in [0.5, 0.6) is 0 Å². The van der Waals surface area contributed by atoms with E-state index in [1.807, 2.05) is 0 Å². The highest BCUT2D eigenvalue weighted by molar-refractivity contribution is 5.56. The van der Waals surface area contributed by atoms with Crippen molar-refractivity contribution >= 4 is 6.21 Å². The molecular weight excluding hydrogens is 162 g/mol. The second kappa shape index (κ2) is 11.0. The first-order chi connectivity index (χ1) is 6.41. The van der Waals surface area contributed by atoms with Crippen LogP contribution in [0.25, 0.3) is 0 Å². The van der Waals surface area contributed by atoms with Crippen LogP contribution in [-0.2, 0) is 4.84 Å². The first kappa shape index (κ1) is 12.0. The summed E-state index contributed by atoms with van der Waals surface area (Å²) < 4.78 is 0. The summed E-state index contributed by atoms with van der Waals surface area (Å²) in [6.45, 7) is 3.72. The number of oxime groups is 1. The molecule has 1 radical (unpaired) electrons. The van der Waals surface area contributed by atoms with Crippen molar-refractivity contribution in [3.05, 3.63) is 6.92 Å². The summed E-state index contributed by atoms with van der Waals surface area (Å²) in [5.41, 5.74) is 0. The molecule has 2 nitrogen and oxygen atoms in total. The Morgan fingerprint density at radius 3 is 2.77 bits per heavy atom. The molecule has 0 aliphatic heterocycles. The maximum atomic E-state index is 4.54. The fraction of sp³-hybridized carbons (Fsp3) is 0.636. The Hall–Kier alpha value is -0.970. The van der Waals surface area contributed by atoms with Crippen LogP contribution in [0.3, 0.4) is 0 Å². The van der Waals surface area contributed by atoms with Crippen molar-refractivity contribution < 1.29 is 4.84 Å². The summed E-state index contributed by atoms with van der Waals surface area (Å²) in [7, 11) is 1.56. The van der Waals surface area contributed by atoms with Crippen LogP contribution in [0.15, 0.2) is 5.16 Å². The second-order valence-corrected chi connectivity index (χ2v) is 2.67. The zero-order valence-corrected chi connectivity index (χ0v) is 8.38. The molecule has 0 aliphatic carbocycles. The highest BCUT2D eigenvalue weighted by Gasteiger charge is 1.83. The summed E-state index contributed by atoms with van der Waals surface area (Å²) in [5.74, 6) is 6.18. The predicted molar refractivity (Wildman–Crippen MR) is 56.3 cm³/mol. The number of unbranched alkanes of at least 4 members (excludes halogenated alkanes) is 4. The summed E-state index contributed by atoms with van der Waals surface area (Å²) in [6, 6.07) is 0. The average Bonchev–Trinajstić information content (AvgIpc) is 2.16. The van der Waals surface area contributed by atoms with Crippen molar-refractivity contribution in [2.75, 3.05) is 7.11 Å². The fourth-order valence-electron chi connectivity index (χ4n) is 0.841. The minimum absolute atomic E-state index is 0.910. The highest BCUT2D eigenvalue weighted by Crippen LogP contribution is 1.97. The van der Waals surface area contributed by atoms with Gasteiger partial charge in [-0.15, -0.1) is 11.8 Å². The third-order valence-corrected chi connectivity index (χ3v) is 1.49. The Kier molecular flexibility index (Phi) is 10.2. The van der Waals surface area contributed by atoms with Crippen LogP contribution in [0.4, 0.5) is 0 Å². The van der Waals surface area contributed by atoms with Crippen molar-refractivity contribution in [2.24, 2.45) is 5.16 Å². The van der Waals surface area contributed by atoms with Gasteiger partial charge < -0.3 is 4.84 Å². The molecular formula is C11H18NO. The molecule has 0 aliphatic rings. The van der Waals surface area contributed by atoms with Crippen molar-refractivity contribution in [3.63, 3.8) is 0 Å². The topological polar surface area (TPSA) is 21.6 Å². The largest absolute Gasteiger partial charge is 0.399 e. The molecule has 0 heterocycles. The second-order valence-electron chi connectivity index (χ2n) is 2.67. The molecule has 0 fully saturated rings. The highest BCUT2D eigenvalue weighted by atomic mass is 16.6.